The van der Waals surface area contributed by atoms with Crippen molar-refractivity contribution in [3.05, 3.63) is 60.2 Å². The lowest BCUT2D eigenvalue weighted by atomic mass is 9.97. The van der Waals surface area contributed by atoms with E-state index in [0.717, 1.165) is 12.1 Å². The monoisotopic (exact) mass is 481 g/mol. The SMILES string of the molecule is O=C([C@@H]1CCCN(S(=O)(=O)c2ccccc2)C1)N1CCN(c2cccc(C(F)(F)F)c2)CC1. The van der Waals surface area contributed by atoms with Crippen molar-refractivity contribution in [1.82, 2.24) is 9.21 Å². The minimum atomic E-state index is -4.40. The number of anilines is 1. The van der Waals surface area contributed by atoms with Crippen molar-refractivity contribution in [2.24, 2.45) is 5.92 Å². The number of hydrogen-bond donors (Lipinski definition) is 0. The Kier molecular flexibility index (Phi) is 6.67. The van der Waals surface area contributed by atoms with E-state index in [-0.39, 0.29) is 17.3 Å². The summed E-state index contributed by atoms with van der Waals surface area (Å²) in [5.41, 5.74) is -0.213. The zero-order valence-electron chi connectivity index (χ0n) is 18.0. The fourth-order valence-electron chi connectivity index (χ4n) is 4.43. The van der Waals surface area contributed by atoms with Crippen molar-refractivity contribution in [3.8, 4) is 0 Å². The summed E-state index contributed by atoms with van der Waals surface area (Å²) in [5, 5.41) is 0. The summed E-state index contributed by atoms with van der Waals surface area (Å²) in [6.07, 6.45) is -3.18. The molecule has 4 rings (SSSR count). The molecule has 2 aliphatic heterocycles. The normalized spacial score (nSPS) is 20.6. The van der Waals surface area contributed by atoms with Crippen LogP contribution in [0.15, 0.2) is 59.5 Å². The van der Waals surface area contributed by atoms with Crippen LogP contribution >= 0.6 is 0 Å². The Hall–Kier alpha value is -2.59. The van der Waals surface area contributed by atoms with Crippen molar-refractivity contribution in [1.29, 1.82) is 0 Å². The second-order valence-corrected chi connectivity index (χ2v) is 10.3. The van der Waals surface area contributed by atoms with Crippen LogP contribution in [0.1, 0.15) is 18.4 Å². The van der Waals surface area contributed by atoms with Gasteiger partial charge in [0.15, 0.2) is 0 Å². The molecule has 2 heterocycles. The summed E-state index contributed by atoms with van der Waals surface area (Å²) in [7, 11) is -3.66. The van der Waals surface area contributed by atoms with Gasteiger partial charge in [-0.3, -0.25) is 4.79 Å². The van der Waals surface area contributed by atoms with Crippen LogP contribution in [-0.4, -0.2) is 62.8 Å². The van der Waals surface area contributed by atoms with Gasteiger partial charge in [-0.2, -0.15) is 17.5 Å². The maximum absolute atomic E-state index is 13.1. The minimum absolute atomic E-state index is 0.0911. The van der Waals surface area contributed by atoms with Crippen molar-refractivity contribution < 1.29 is 26.4 Å². The first kappa shape index (κ1) is 23.6. The van der Waals surface area contributed by atoms with Crippen LogP contribution in [0.25, 0.3) is 0 Å². The number of halogens is 3. The first-order valence-electron chi connectivity index (χ1n) is 10.9. The van der Waals surface area contributed by atoms with E-state index in [4.69, 9.17) is 0 Å². The van der Waals surface area contributed by atoms with Gasteiger partial charge in [-0.05, 0) is 43.2 Å². The second kappa shape index (κ2) is 9.34. The third kappa shape index (κ3) is 5.16. The molecule has 2 aromatic rings. The Balaban J connectivity index is 1.38. The molecule has 2 aromatic carbocycles. The molecule has 1 atom stereocenters. The average molecular weight is 482 g/mol. The third-order valence-electron chi connectivity index (χ3n) is 6.24. The van der Waals surface area contributed by atoms with E-state index in [1.807, 2.05) is 4.90 Å². The van der Waals surface area contributed by atoms with E-state index in [1.54, 1.807) is 41.3 Å². The van der Waals surface area contributed by atoms with Gasteiger partial charge < -0.3 is 9.80 Å². The molecule has 6 nitrogen and oxygen atoms in total. The number of sulfonamides is 1. The number of rotatable bonds is 4. The molecular formula is C23H26F3N3O3S. The minimum Gasteiger partial charge on any atom is -0.368 e. The van der Waals surface area contributed by atoms with Crippen molar-refractivity contribution in [2.45, 2.75) is 23.9 Å². The Morgan fingerprint density at radius 2 is 1.61 bits per heavy atom. The maximum atomic E-state index is 13.1. The standard InChI is InChI=1S/C23H26F3N3O3S/c24-23(25,26)19-7-4-8-20(16-19)27-12-14-28(15-13-27)22(30)18-6-5-11-29(17-18)33(31,32)21-9-2-1-3-10-21/h1-4,7-10,16,18H,5-6,11-15,17H2/t18-/m1/s1. The van der Waals surface area contributed by atoms with Crippen molar-refractivity contribution >= 4 is 21.6 Å². The molecule has 33 heavy (non-hydrogen) atoms. The lowest BCUT2D eigenvalue weighted by molar-refractivity contribution is -0.137. The highest BCUT2D eigenvalue weighted by Gasteiger charge is 2.36. The van der Waals surface area contributed by atoms with Crippen LogP contribution in [0, 0.1) is 5.92 Å². The topological polar surface area (TPSA) is 60.9 Å². The van der Waals surface area contributed by atoms with Crippen LogP contribution in [0.3, 0.4) is 0 Å². The molecular weight excluding hydrogens is 455 g/mol. The number of nitrogens with zero attached hydrogens (tertiary/aromatic N) is 3. The predicted molar refractivity (Wildman–Crippen MR) is 118 cm³/mol. The molecule has 10 heteroatoms. The number of carbonyl (C=O) groups is 1. The highest BCUT2D eigenvalue weighted by atomic mass is 32.2. The van der Waals surface area contributed by atoms with Gasteiger partial charge in [0, 0.05) is 45.0 Å². The van der Waals surface area contributed by atoms with Crippen LogP contribution in [0.4, 0.5) is 18.9 Å². The molecule has 0 aliphatic carbocycles. The number of piperidine rings is 1. The molecule has 0 radical (unpaired) electrons. The fraction of sp³-hybridized carbons (Fsp3) is 0.435. The maximum Gasteiger partial charge on any atom is 0.416 e. The van der Waals surface area contributed by atoms with Crippen LogP contribution in [0.2, 0.25) is 0 Å². The van der Waals surface area contributed by atoms with Crippen LogP contribution < -0.4 is 4.90 Å². The molecule has 178 valence electrons. The van der Waals surface area contributed by atoms with Crippen LogP contribution in [-0.2, 0) is 21.0 Å². The average Bonchev–Trinajstić information content (AvgIpc) is 2.84. The van der Waals surface area contributed by atoms with Crippen LogP contribution in [0.5, 0.6) is 0 Å². The van der Waals surface area contributed by atoms with E-state index in [0.29, 0.717) is 51.3 Å². The molecule has 0 aromatic heterocycles. The highest BCUT2D eigenvalue weighted by Crippen LogP contribution is 2.32. The zero-order valence-corrected chi connectivity index (χ0v) is 18.9. The number of carbonyl (C=O) groups excluding carboxylic acids is 1. The van der Waals surface area contributed by atoms with Crippen molar-refractivity contribution in [3.63, 3.8) is 0 Å². The number of piperazine rings is 1. The number of benzene rings is 2. The Morgan fingerprint density at radius 3 is 2.27 bits per heavy atom. The number of hydrogen-bond acceptors (Lipinski definition) is 4. The lowest BCUT2D eigenvalue weighted by Gasteiger charge is -2.39. The summed E-state index contributed by atoms with van der Waals surface area (Å²) in [6.45, 7) is 2.14. The smallest absolute Gasteiger partial charge is 0.368 e. The van der Waals surface area contributed by atoms with Crippen molar-refractivity contribution in [2.75, 3.05) is 44.2 Å². The van der Waals surface area contributed by atoms with E-state index in [2.05, 4.69) is 0 Å². The molecule has 1 amide bonds. The van der Waals surface area contributed by atoms with Gasteiger partial charge in [-0.15, -0.1) is 0 Å². The van der Waals surface area contributed by atoms with Gasteiger partial charge in [-0.1, -0.05) is 24.3 Å². The van der Waals surface area contributed by atoms with E-state index < -0.39 is 27.7 Å². The van der Waals surface area contributed by atoms with E-state index in [1.165, 1.54) is 10.4 Å². The summed E-state index contributed by atoms with van der Waals surface area (Å²) in [6, 6.07) is 13.4. The zero-order chi connectivity index (χ0) is 23.6. The molecule has 0 bridgehead atoms. The first-order valence-corrected chi connectivity index (χ1v) is 12.4. The fourth-order valence-corrected chi connectivity index (χ4v) is 5.97. The molecule has 0 N–H and O–H groups in total. The molecule has 2 saturated heterocycles. The van der Waals surface area contributed by atoms with Gasteiger partial charge in [0.25, 0.3) is 0 Å². The highest BCUT2D eigenvalue weighted by molar-refractivity contribution is 7.89. The van der Waals surface area contributed by atoms with Gasteiger partial charge in [-0.25, -0.2) is 8.42 Å². The summed E-state index contributed by atoms with van der Waals surface area (Å²) < 4.78 is 66.3. The van der Waals surface area contributed by atoms with Gasteiger partial charge in [0.05, 0.1) is 16.4 Å². The summed E-state index contributed by atoms with van der Waals surface area (Å²) in [4.78, 5) is 16.9. The molecule has 0 saturated carbocycles. The Labute approximate surface area is 191 Å². The number of amides is 1. The summed E-state index contributed by atoms with van der Waals surface area (Å²) >= 11 is 0. The largest absolute Gasteiger partial charge is 0.416 e. The third-order valence-corrected chi connectivity index (χ3v) is 8.12. The van der Waals surface area contributed by atoms with Gasteiger partial charge in [0.1, 0.15) is 0 Å². The Bertz CT molecular complexity index is 1080. The number of alkyl halides is 3. The lowest BCUT2D eigenvalue weighted by Crippen LogP contribution is -2.53. The van der Waals surface area contributed by atoms with E-state index >= 15 is 0 Å². The second-order valence-electron chi connectivity index (χ2n) is 8.38. The quantitative estimate of drug-likeness (QED) is 0.671. The molecule has 0 spiro atoms. The van der Waals surface area contributed by atoms with E-state index in [9.17, 15) is 26.4 Å². The predicted octanol–water partition coefficient (Wildman–Crippen LogP) is 3.45. The molecule has 2 fully saturated rings. The Morgan fingerprint density at radius 1 is 0.909 bits per heavy atom. The van der Waals surface area contributed by atoms with Gasteiger partial charge in [0.2, 0.25) is 15.9 Å². The molecule has 2 aliphatic rings. The molecule has 0 unspecified atom stereocenters. The van der Waals surface area contributed by atoms with Gasteiger partial charge >= 0.3 is 6.18 Å². The summed E-state index contributed by atoms with van der Waals surface area (Å²) in [5.74, 6) is -0.510. The first-order chi connectivity index (χ1) is 15.7.